The Hall–Kier alpha value is -1.50. The van der Waals surface area contributed by atoms with Gasteiger partial charge in [0.1, 0.15) is 11.9 Å². The van der Waals surface area contributed by atoms with Crippen molar-refractivity contribution < 1.29 is 13.9 Å². The first-order chi connectivity index (χ1) is 13.3. The third kappa shape index (κ3) is 5.99. The molecule has 1 aromatic rings. The zero-order valence-electron chi connectivity index (χ0n) is 16.1. The van der Waals surface area contributed by atoms with Gasteiger partial charge in [-0.25, -0.2) is 4.39 Å². The summed E-state index contributed by atoms with van der Waals surface area (Å²) in [5.74, 6) is -0.467. The van der Waals surface area contributed by atoms with Crippen LogP contribution in [0, 0.1) is 5.82 Å². The molecular weight excluding hydrogens is 345 g/mol. The fourth-order valence-electron chi connectivity index (χ4n) is 4.08. The van der Waals surface area contributed by atoms with Gasteiger partial charge < -0.3 is 15.4 Å². The van der Waals surface area contributed by atoms with Crippen LogP contribution in [0.2, 0.25) is 0 Å². The van der Waals surface area contributed by atoms with Crippen LogP contribution in [-0.4, -0.2) is 56.2 Å². The summed E-state index contributed by atoms with van der Waals surface area (Å²) < 4.78 is 19.8. The Morgan fingerprint density at radius 1 is 1.11 bits per heavy atom. The fourth-order valence-corrected chi connectivity index (χ4v) is 4.08. The second-order valence-corrected chi connectivity index (χ2v) is 7.51. The van der Waals surface area contributed by atoms with Gasteiger partial charge in [-0.15, -0.1) is 0 Å². The van der Waals surface area contributed by atoms with E-state index < -0.39 is 6.04 Å². The molecule has 0 aromatic heterocycles. The summed E-state index contributed by atoms with van der Waals surface area (Å²) in [7, 11) is 0. The summed E-state index contributed by atoms with van der Waals surface area (Å²) in [5, 5.41) is 6.57. The van der Waals surface area contributed by atoms with Gasteiger partial charge in [0.05, 0.1) is 13.2 Å². The van der Waals surface area contributed by atoms with Gasteiger partial charge in [0, 0.05) is 37.8 Å². The molecule has 0 bridgehead atoms. The van der Waals surface area contributed by atoms with E-state index in [2.05, 4.69) is 10.6 Å². The van der Waals surface area contributed by atoms with E-state index in [0.29, 0.717) is 44.5 Å². The molecule has 5 nitrogen and oxygen atoms in total. The Morgan fingerprint density at radius 2 is 1.81 bits per heavy atom. The molecule has 2 fully saturated rings. The SMILES string of the molecule is O=C(NCCNC1CCCCCC1)C(c1ccccc1F)N1CCOCC1. The van der Waals surface area contributed by atoms with Crippen LogP contribution in [0.4, 0.5) is 4.39 Å². The van der Waals surface area contributed by atoms with Crippen molar-refractivity contribution >= 4 is 5.91 Å². The maximum Gasteiger partial charge on any atom is 0.242 e. The number of halogens is 1. The molecule has 1 aliphatic heterocycles. The lowest BCUT2D eigenvalue weighted by molar-refractivity contribution is -0.128. The zero-order valence-corrected chi connectivity index (χ0v) is 16.1. The molecule has 150 valence electrons. The lowest BCUT2D eigenvalue weighted by Gasteiger charge is -2.34. The summed E-state index contributed by atoms with van der Waals surface area (Å²) in [6.07, 6.45) is 7.68. The van der Waals surface area contributed by atoms with Gasteiger partial charge in [-0.05, 0) is 18.9 Å². The maximum atomic E-state index is 14.4. The van der Waals surface area contributed by atoms with Crippen LogP contribution < -0.4 is 10.6 Å². The van der Waals surface area contributed by atoms with Gasteiger partial charge in [0.25, 0.3) is 0 Å². The molecule has 0 radical (unpaired) electrons. The number of nitrogens with one attached hydrogen (secondary N) is 2. The van der Waals surface area contributed by atoms with Gasteiger partial charge in [-0.3, -0.25) is 9.69 Å². The Balaban J connectivity index is 1.55. The molecule has 6 heteroatoms. The number of hydrogen-bond donors (Lipinski definition) is 2. The van der Waals surface area contributed by atoms with Gasteiger partial charge in [-0.2, -0.15) is 0 Å². The lowest BCUT2D eigenvalue weighted by atomic mass is 10.0. The van der Waals surface area contributed by atoms with Crippen LogP contribution in [0.3, 0.4) is 0 Å². The van der Waals surface area contributed by atoms with E-state index in [0.717, 1.165) is 6.54 Å². The van der Waals surface area contributed by atoms with Crippen LogP contribution in [-0.2, 0) is 9.53 Å². The predicted molar refractivity (Wildman–Crippen MR) is 104 cm³/mol. The molecular formula is C21H32FN3O2. The average molecular weight is 378 g/mol. The van der Waals surface area contributed by atoms with Gasteiger partial charge in [0.15, 0.2) is 0 Å². The fraction of sp³-hybridized carbons (Fsp3) is 0.667. The average Bonchev–Trinajstić information content (AvgIpc) is 2.97. The molecule has 1 aliphatic carbocycles. The van der Waals surface area contributed by atoms with Crippen molar-refractivity contribution in [3.63, 3.8) is 0 Å². The quantitative estimate of drug-likeness (QED) is 0.567. The van der Waals surface area contributed by atoms with Crippen molar-refractivity contribution in [2.75, 3.05) is 39.4 Å². The van der Waals surface area contributed by atoms with Crippen molar-refractivity contribution in [2.45, 2.75) is 50.6 Å². The van der Waals surface area contributed by atoms with E-state index in [1.807, 2.05) is 4.90 Å². The maximum absolute atomic E-state index is 14.4. The number of carbonyl (C=O) groups excluding carboxylic acids is 1. The standard InChI is InChI=1S/C21H32FN3O2/c22-19-10-6-5-9-18(19)20(25-13-15-27-16-14-25)21(26)24-12-11-23-17-7-3-1-2-4-8-17/h5-6,9-10,17,20,23H,1-4,7-8,11-16H2,(H,24,26). The van der Waals surface area contributed by atoms with Crippen molar-refractivity contribution in [3.8, 4) is 0 Å². The molecule has 3 rings (SSSR count). The largest absolute Gasteiger partial charge is 0.379 e. The molecule has 1 saturated heterocycles. The van der Waals surface area contributed by atoms with Crippen molar-refractivity contribution in [1.29, 1.82) is 0 Å². The summed E-state index contributed by atoms with van der Waals surface area (Å²) in [6, 6.07) is 6.53. The Kier molecular flexibility index (Phi) is 8.05. The van der Waals surface area contributed by atoms with Crippen LogP contribution in [0.15, 0.2) is 24.3 Å². The number of amides is 1. The van der Waals surface area contributed by atoms with Gasteiger partial charge in [-0.1, -0.05) is 43.9 Å². The van der Waals surface area contributed by atoms with Gasteiger partial charge >= 0.3 is 0 Å². The first kappa shape index (κ1) is 20.2. The highest BCUT2D eigenvalue weighted by molar-refractivity contribution is 5.83. The minimum atomic E-state index is -0.604. The molecule has 1 heterocycles. The Bertz CT molecular complexity index is 585. The monoisotopic (exact) mass is 377 g/mol. The normalized spacial score (nSPS) is 20.8. The summed E-state index contributed by atoms with van der Waals surface area (Å²) in [5.41, 5.74) is 0.439. The molecule has 0 spiro atoms. The minimum Gasteiger partial charge on any atom is -0.379 e. The number of nitrogens with zero attached hydrogens (tertiary/aromatic N) is 1. The second-order valence-electron chi connectivity index (χ2n) is 7.51. The third-order valence-electron chi connectivity index (χ3n) is 5.57. The second kappa shape index (κ2) is 10.7. The number of rotatable bonds is 7. The first-order valence-electron chi connectivity index (χ1n) is 10.3. The molecule has 2 aliphatic rings. The van der Waals surface area contributed by atoms with Crippen molar-refractivity contribution in [3.05, 3.63) is 35.6 Å². The number of benzene rings is 1. The van der Waals surface area contributed by atoms with Crippen LogP contribution in [0.1, 0.15) is 50.1 Å². The van der Waals surface area contributed by atoms with Crippen LogP contribution >= 0.6 is 0 Å². The number of hydrogen-bond acceptors (Lipinski definition) is 4. The molecule has 1 amide bonds. The summed E-state index contributed by atoms with van der Waals surface area (Å²) in [6.45, 7) is 3.72. The molecule has 1 saturated carbocycles. The molecule has 2 N–H and O–H groups in total. The van der Waals surface area contributed by atoms with E-state index in [4.69, 9.17) is 4.74 Å². The Labute approximate surface area is 161 Å². The highest BCUT2D eigenvalue weighted by atomic mass is 19.1. The third-order valence-corrected chi connectivity index (χ3v) is 5.57. The van der Waals surface area contributed by atoms with E-state index >= 15 is 0 Å². The van der Waals surface area contributed by atoms with Crippen LogP contribution in [0.5, 0.6) is 0 Å². The van der Waals surface area contributed by atoms with Crippen molar-refractivity contribution in [2.24, 2.45) is 0 Å². The van der Waals surface area contributed by atoms with E-state index in [-0.39, 0.29) is 11.7 Å². The smallest absolute Gasteiger partial charge is 0.242 e. The number of carbonyl (C=O) groups is 1. The summed E-state index contributed by atoms with van der Waals surface area (Å²) in [4.78, 5) is 14.9. The number of ether oxygens (including phenoxy) is 1. The molecule has 1 atom stereocenters. The van der Waals surface area contributed by atoms with E-state index in [1.165, 1.54) is 44.6 Å². The number of morpholine rings is 1. The highest BCUT2D eigenvalue weighted by Gasteiger charge is 2.30. The predicted octanol–water partition coefficient (Wildman–Crippen LogP) is 2.63. The zero-order chi connectivity index (χ0) is 18.9. The molecule has 1 aromatic carbocycles. The van der Waals surface area contributed by atoms with Crippen molar-refractivity contribution in [1.82, 2.24) is 15.5 Å². The Morgan fingerprint density at radius 3 is 2.52 bits per heavy atom. The lowest BCUT2D eigenvalue weighted by Crippen LogP contribution is -2.47. The van der Waals surface area contributed by atoms with Gasteiger partial charge in [0.2, 0.25) is 5.91 Å². The first-order valence-corrected chi connectivity index (χ1v) is 10.3. The topological polar surface area (TPSA) is 53.6 Å². The van der Waals surface area contributed by atoms with E-state index in [1.54, 1.807) is 18.2 Å². The molecule has 1 unspecified atom stereocenters. The summed E-state index contributed by atoms with van der Waals surface area (Å²) >= 11 is 0. The molecule has 27 heavy (non-hydrogen) atoms. The minimum absolute atomic E-state index is 0.135. The highest BCUT2D eigenvalue weighted by Crippen LogP contribution is 2.24. The van der Waals surface area contributed by atoms with E-state index in [9.17, 15) is 9.18 Å². The van der Waals surface area contributed by atoms with Crippen LogP contribution in [0.25, 0.3) is 0 Å².